The molecule has 0 atom stereocenters. The Balaban J connectivity index is 2.63. The number of hydrogen-bond donors (Lipinski definition) is 3. The Bertz CT molecular complexity index is 313. The van der Waals surface area contributed by atoms with Gasteiger partial charge in [0.15, 0.2) is 0 Å². The van der Waals surface area contributed by atoms with Crippen LogP contribution < -0.4 is 11.1 Å². The number of hydrogen-bond acceptors (Lipinski definition) is 2. The van der Waals surface area contributed by atoms with Crippen LogP contribution >= 0.6 is 0 Å². The normalized spacial score (nSPS) is 9.79. The number of primary amides is 1. The number of urea groups is 1. The van der Waals surface area contributed by atoms with Crippen LogP contribution in [0, 0.1) is 0 Å². The van der Waals surface area contributed by atoms with Crippen molar-refractivity contribution >= 4 is 11.7 Å². The maximum atomic E-state index is 10.6. The van der Waals surface area contributed by atoms with Crippen LogP contribution in [-0.2, 0) is 6.42 Å². The van der Waals surface area contributed by atoms with E-state index in [0.29, 0.717) is 5.69 Å². The summed E-state index contributed by atoms with van der Waals surface area (Å²) in [6, 6.07) is 6.84. The fourth-order valence-electron chi connectivity index (χ4n) is 1.23. The van der Waals surface area contributed by atoms with Crippen molar-refractivity contribution < 1.29 is 9.90 Å². The molecule has 1 aromatic rings. The molecule has 0 radical (unpaired) electrons. The van der Waals surface area contributed by atoms with Crippen LogP contribution in [0.3, 0.4) is 0 Å². The van der Waals surface area contributed by atoms with E-state index in [1.165, 1.54) is 0 Å². The van der Waals surface area contributed by atoms with Crippen molar-refractivity contribution in [1.29, 1.82) is 0 Å². The van der Waals surface area contributed by atoms with Crippen molar-refractivity contribution in [2.75, 3.05) is 11.9 Å². The lowest BCUT2D eigenvalue weighted by Crippen LogP contribution is -2.19. The molecular weight excluding hydrogens is 180 g/mol. The molecule has 4 N–H and O–H groups in total. The summed E-state index contributed by atoms with van der Waals surface area (Å²) < 4.78 is 0. The van der Waals surface area contributed by atoms with Crippen LogP contribution in [0.15, 0.2) is 24.3 Å². The molecule has 0 saturated carbocycles. The Hall–Kier alpha value is -1.55. The summed E-state index contributed by atoms with van der Waals surface area (Å²) in [7, 11) is 0. The van der Waals surface area contributed by atoms with Crippen LogP contribution in [0.2, 0.25) is 0 Å². The van der Waals surface area contributed by atoms with Gasteiger partial charge in [-0.25, -0.2) is 4.79 Å². The van der Waals surface area contributed by atoms with Gasteiger partial charge in [0.05, 0.1) is 0 Å². The van der Waals surface area contributed by atoms with Gasteiger partial charge in [-0.1, -0.05) is 12.1 Å². The lowest BCUT2D eigenvalue weighted by atomic mass is 10.1. The third-order valence-corrected chi connectivity index (χ3v) is 1.82. The average Bonchev–Trinajstić information content (AvgIpc) is 2.14. The molecule has 0 aromatic heterocycles. The lowest BCUT2D eigenvalue weighted by Gasteiger charge is -2.04. The minimum atomic E-state index is -0.565. The number of carbonyl (C=O) groups excluding carboxylic acids is 1. The Morgan fingerprint density at radius 2 is 2.29 bits per heavy atom. The number of rotatable bonds is 4. The van der Waals surface area contributed by atoms with Crippen LogP contribution in [-0.4, -0.2) is 17.7 Å². The second kappa shape index (κ2) is 5.24. The first-order valence-corrected chi connectivity index (χ1v) is 4.48. The molecule has 0 spiro atoms. The molecule has 0 aliphatic rings. The topological polar surface area (TPSA) is 75.4 Å². The number of amides is 2. The predicted molar refractivity (Wildman–Crippen MR) is 55.1 cm³/mol. The Labute approximate surface area is 82.7 Å². The summed E-state index contributed by atoms with van der Waals surface area (Å²) in [5.74, 6) is 0. The predicted octanol–water partition coefficient (Wildman–Crippen LogP) is 1.10. The number of aliphatic hydroxyl groups excluding tert-OH is 1. The van der Waals surface area contributed by atoms with Crippen molar-refractivity contribution in [3.05, 3.63) is 29.8 Å². The van der Waals surface area contributed by atoms with E-state index in [9.17, 15) is 4.79 Å². The molecule has 0 saturated heterocycles. The maximum absolute atomic E-state index is 10.6. The van der Waals surface area contributed by atoms with Gasteiger partial charge in [0.1, 0.15) is 0 Å². The van der Waals surface area contributed by atoms with Gasteiger partial charge in [-0.2, -0.15) is 0 Å². The second-order valence-electron chi connectivity index (χ2n) is 3.02. The first kappa shape index (κ1) is 10.5. The minimum absolute atomic E-state index is 0.174. The van der Waals surface area contributed by atoms with Crippen molar-refractivity contribution in [3.63, 3.8) is 0 Å². The number of aliphatic hydroxyl groups is 1. The number of nitrogens with one attached hydrogen (secondary N) is 1. The summed E-state index contributed by atoms with van der Waals surface area (Å²) in [6.45, 7) is 0.174. The number of anilines is 1. The third kappa shape index (κ3) is 3.45. The highest BCUT2D eigenvalue weighted by Crippen LogP contribution is 2.11. The number of carbonyl (C=O) groups is 1. The molecule has 2 amide bonds. The standard InChI is InChI=1S/C10H14N2O2/c11-10(14)12-9-5-1-3-8(7-9)4-2-6-13/h1,3,5,7,13H,2,4,6H2,(H3,11,12,14). The molecular formula is C10H14N2O2. The van der Waals surface area contributed by atoms with Crippen molar-refractivity contribution in [3.8, 4) is 0 Å². The van der Waals surface area contributed by atoms with Crippen LogP contribution in [0.4, 0.5) is 10.5 Å². The van der Waals surface area contributed by atoms with E-state index in [-0.39, 0.29) is 6.61 Å². The maximum Gasteiger partial charge on any atom is 0.316 e. The summed E-state index contributed by atoms with van der Waals surface area (Å²) in [4.78, 5) is 10.6. The van der Waals surface area contributed by atoms with Crippen molar-refractivity contribution in [1.82, 2.24) is 0 Å². The summed E-state index contributed by atoms with van der Waals surface area (Å²) in [6.07, 6.45) is 1.52. The average molecular weight is 194 g/mol. The summed E-state index contributed by atoms with van der Waals surface area (Å²) in [5, 5.41) is 11.2. The molecule has 76 valence electrons. The highest BCUT2D eigenvalue weighted by atomic mass is 16.2. The zero-order valence-electron chi connectivity index (χ0n) is 7.86. The van der Waals surface area contributed by atoms with E-state index in [2.05, 4.69) is 5.32 Å². The molecule has 4 nitrogen and oxygen atoms in total. The first-order chi connectivity index (χ1) is 6.72. The second-order valence-corrected chi connectivity index (χ2v) is 3.02. The van der Waals surface area contributed by atoms with Crippen LogP contribution in [0.25, 0.3) is 0 Å². The molecule has 0 fully saturated rings. The quantitative estimate of drug-likeness (QED) is 0.671. The van der Waals surface area contributed by atoms with E-state index in [1.807, 2.05) is 18.2 Å². The SMILES string of the molecule is NC(=O)Nc1cccc(CCCO)c1. The minimum Gasteiger partial charge on any atom is -0.396 e. The van der Waals surface area contributed by atoms with E-state index < -0.39 is 6.03 Å². The summed E-state index contributed by atoms with van der Waals surface area (Å²) >= 11 is 0. The molecule has 1 rings (SSSR count). The van der Waals surface area contributed by atoms with E-state index in [0.717, 1.165) is 18.4 Å². The van der Waals surface area contributed by atoms with E-state index in [4.69, 9.17) is 10.8 Å². The highest BCUT2D eigenvalue weighted by Gasteiger charge is 1.97. The van der Waals surface area contributed by atoms with E-state index in [1.54, 1.807) is 6.07 Å². The Morgan fingerprint density at radius 3 is 2.93 bits per heavy atom. The smallest absolute Gasteiger partial charge is 0.316 e. The zero-order valence-corrected chi connectivity index (χ0v) is 7.86. The molecule has 0 bridgehead atoms. The Morgan fingerprint density at radius 1 is 1.50 bits per heavy atom. The molecule has 1 aromatic carbocycles. The van der Waals surface area contributed by atoms with Gasteiger partial charge < -0.3 is 16.2 Å². The molecule has 14 heavy (non-hydrogen) atoms. The monoisotopic (exact) mass is 194 g/mol. The molecule has 0 aliphatic carbocycles. The van der Waals surface area contributed by atoms with Gasteiger partial charge in [0.2, 0.25) is 0 Å². The van der Waals surface area contributed by atoms with Gasteiger partial charge in [-0.05, 0) is 30.5 Å². The fraction of sp³-hybridized carbons (Fsp3) is 0.300. The van der Waals surface area contributed by atoms with Crippen molar-refractivity contribution in [2.24, 2.45) is 5.73 Å². The van der Waals surface area contributed by atoms with Gasteiger partial charge in [-0.3, -0.25) is 0 Å². The zero-order chi connectivity index (χ0) is 10.4. The van der Waals surface area contributed by atoms with Crippen LogP contribution in [0.5, 0.6) is 0 Å². The fourth-order valence-corrected chi connectivity index (χ4v) is 1.23. The highest BCUT2D eigenvalue weighted by molar-refractivity contribution is 5.87. The van der Waals surface area contributed by atoms with Gasteiger partial charge in [0, 0.05) is 12.3 Å². The van der Waals surface area contributed by atoms with Gasteiger partial charge in [-0.15, -0.1) is 0 Å². The molecule has 0 aliphatic heterocycles. The Kier molecular flexibility index (Phi) is 3.94. The molecule has 4 heteroatoms. The van der Waals surface area contributed by atoms with Gasteiger partial charge in [0.25, 0.3) is 0 Å². The first-order valence-electron chi connectivity index (χ1n) is 4.48. The number of benzene rings is 1. The number of nitrogens with two attached hydrogens (primary N) is 1. The lowest BCUT2D eigenvalue weighted by molar-refractivity contribution is 0.259. The largest absolute Gasteiger partial charge is 0.396 e. The van der Waals surface area contributed by atoms with Crippen LogP contribution in [0.1, 0.15) is 12.0 Å². The summed E-state index contributed by atoms with van der Waals surface area (Å²) in [5.41, 5.74) is 6.75. The molecule has 0 heterocycles. The van der Waals surface area contributed by atoms with E-state index >= 15 is 0 Å². The molecule has 0 unspecified atom stereocenters. The van der Waals surface area contributed by atoms with Gasteiger partial charge >= 0.3 is 6.03 Å². The van der Waals surface area contributed by atoms with Crippen molar-refractivity contribution in [2.45, 2.75) is 12.8 Å². The number of aryl methyl sites for hydroxylation is 1. The third-order valence-electron chi connectivity index (χ3n) is 1.82.